The third-order valence-corrected chi connectivity index (χ3v) is 6.37. The lowest BCUT2D eigenvalue weighted by atomic mass is 10.0. The molecule has 0 spiro atoms. The molecule has 3 aliphatic rings. The molecule has 0 radical (unpaired) electrons. The first-order valence-electron chi connectivity index (χ1n) is 9.15. The normalized spacial score (nSPS) is 25.9. The van der Waals surface area contributed by atoms with Gasteiger partial charge in [0, 0.05) is 42.9 Å². The van der Waals surface area contributed by atoms with Crippen LogP contribution in [0.4, 0.5) is 8.78 Å². The van der Waals surface area contributed by atoms with E-state index in [2.05, 4.69) is 5.32 Å². The van der Waals surface area contributed by atoms with Crippen molar-refractivity contribution in [1.82, 2.24) is 15.1 Å². The molecule has 5 nitrogen and oxygen atoms in total. The summed E-state index contributed by atoms with van der Waals surface area (Å²) in [5.74, 6) is -2.89. The van der Waals surface area contributed by atoms with Gasteiger partial charge in [-0.1, -0.05) is 6.07 Å². The Morgan fingerprint density at radius 1 is 1.31 bits per heavy atom. The SMILES string of the molecule is O=C(NCCc1cccs1)C1CC(F)(F)CN1C1CN(C(=O)C2CC2)C1. The van der Waals surface area contributed by atoms with E-state index in [0.717, 1.165) is 17.7 Å². The van der Waals surface area contributed by atoms with Crippen molar-refractivity contribution in [2.75, 3.05) is 26.2 Å². The molecule has 26 heavy (non-hydrogen) atoms. The van der Waals surface area contributed by atoms with Gasteiger partial charge >= 0.3 is 0 Å². The Hall–Kier alpha value is -1.54. The van der Waals surface area contributed by atoms with Gasteiger partial charge in [0.2, 0.25) is 11.8 Å². The van der Waals surface area contributed by atoms with Crippen LogP contribution in [0.2, 0.25) is 0 Å². The summed E-state index contributed by atoms with van der Waals surface area (Å²) >= 11 is 1.62. The Morgan fingerprint density at radius 3 is 2.73 bits per heavy atom. The maximum Gasteiger partial charge on any atom is 0.262 e. The van der Waals surface area contributed by atoms with Crippen molar-refractivity contribution in [2.24, 2.45) is 5.92 Å². The molecular weight excluding hydrogens is 360 g/mol. The second-order valence-corrected chi connectivity index (χ2v) is 8.57. The van der Waals surface area contributed by atoms with Crippen molar-refractivity contribution in [1.29, 1.82) is 0 Å². The van der Waals surface area contributed by atoms with Gasteiger partial charge in [-0.2, -0.15) is 0 Å². The summed E-state index contributed by atoms with van der Waals surface area (Å²) < 4.78 is 27.9. The van der Waals surface area contributed by atoms with E-state index >= 15 is 0 Å². The number of halogens is 2. The second kappa shape index (κ2) is 6.88. The average molecular weight is 383 g/mol. The molecule has 4 rings (SSSR count). The van der Waals surface area contributed by atoms with Crippen molar-refractivity contribution >= 4 is 23.2 Å². The highest BCUT2D eigenvalue weighted by atomic mass is 32.1. The molecule has 1 atom stereocenters. The van der Waals surface area contributed by atoms with Crippen LogP contribution in [0.15, 0.2) is 17.5 Å². The number of thiophene rings is 1. The van der Waals surface area contributed by atoms with Crippen LogP contribution in [0, 0.1) is 5.92 Å². The van der Waals surface area contributed by atoms with E-state index < -0.39 is 24.9 Å². The zero-order valence-electron chi connectivity index (χ0n) is 14.5. The van der Waals surface area contributed by atoms with E-state index in [0.29, 0.717) is 26.1 Å². The highest BCUT2D eigenvalue weighted by Gasteiger charge is 2.53. The smallest absolute Gasteiger partial charge is 0.262 e. The third kappa shape index (κ3) is 3.76. The van der Waals surface area contributed by atoms with Crippen molar-refractivity contribution in [3.8, 4) is 0 Å². The lowest BCUT2D eigenvalue weighted by molar-refractivity contribution is -0.141. The minimum absolute atomic E-state index is 0.140. The number of hydrogen-bond acceptors (Lipinski definition) is 4. The van der Waals surface area contributed by atoms with Crippen LogP contribution in [0.1, 0.15) is 24.1 Å². The largest absolute Gasteiger partial charge is 0.354 e. The number of amides is 2. The first-order valence-corrected chi connectivity index (χ1v) is 10.0. The Kier molecular flexibility index (Phi) is 4.73. The highest BCUT2D eigenvalue weighted by molar-refractivity contribution is 7.09. The van der Waals surface area contributed by atoms with Crippen molar-refractivity contribution in [3.05, 3.63) is 22.4 Å². The summed E-state index contributed by atoms with van der Waals surface area (Å²) in [6.45, 7) is 0.979. The number of alkyl halides is 2. The van der Waals surface area contributed by atoms with Gasteiger partial charge in [-0.05, 0) is 30.7 Å². The van der Waals surface area contributed by atoms with Gasteiger partial charge in [0.1, 0.15) is 0 Å². The maximum atomic E-state index is 14.0. The average Bonchev–Trinajstić information content (AvgIpc) is 3.18. The minimum Gasteiger partial charge on any atom is -0.354 e. The summed E-state index contributed by atoms with van der Waals surface area (Å²) in [6.07, 6.45) is 2.15. The molecule has 3 fully saturated rings. The minimum atomic E-state index is -2.85. The van der Waals surface area contributed by atoms with Gasteiger partial charge in [0.15, 0.2) is 0 Å². The van der Waals surface area contributed by atoms with E-state index in [1.807, 2.05) is 17.5 Å². The molecular formula is C18H23F2N3O2S. The van der Waals surface area contributed by atoms with Gasteiger partial charge in [-0.3, -0.25) is 14.5 Å². The van der Waals surface area contributed by atoms with Gasteiger partial charge < -0.3 is 10.2 Å². The van der Waals surface area contributed by atoms with Gasteiger partial charge in [-0.25, -0.2) is 8.78 Å². The molecule has 2 amide bonds. The molecule has 1 saturated carbocycles. The molecule has 1 unspecified atom stereocenters. The fourth-order valence-corrected chi connectivity index (χ4v) is 4.49. The lowest BCUT2D eigenvalue weighted by Gasteiger charge is -2.45. The van der Waals surface area contributed by atoms with E-state index in [1.54, 1.807) is 21.1 Å². The molecule has 2 aliphatic heterocycles. The number of rotatable bonds is 6. The molecule has 1 aromatic rings. The number of nitrogens with zero attached hydrogens (tertiary/aromatic N) is 2. The topological polar surface area (TPSA) is 52.7 Å². The Labute approximate surface area is 155 Å². The summed E-state index contributed by atoms with van der Waals surface area (Å²) in [4.78, 5) is 29.0. The molecule has 8 heteroatoms. The fourth-order valence-electron chi connectivity index (χ4n) is 3.78. The quantitative estimate of drug-likeness (QED) is 0.814. The van der Waals surface area contributed by atoms with Crippen LogP contribution >= 0.6 is 11.3 Å². The standard InChI is InChI=1S/C18H23F2N3O2S/c19-18(20)8-15(16(24)21-6-5-14-2-1-7-26-14)23(11-18)13-9-22(10-13)17(25)12-3-4-12/h1-2,7,12-13,15H,3-6,8-11H2,(H,21,24). The summed E-state index contributed by atoms with van der Waals surface area (Å²) in [5.41, 5.74) is 0. The number of carbonyl (C=O) groups excluding carboxylic acids is 2. The Bertz CT molecular complexity index is 672. The van der Waals surface area contributed by atoms with Crippen LogP contribution in [0.5, 0.6) is 0 Å². The summed E-state index contributed by atoms with van der Waals surface area (Å²) in [7, 11) is 0. The summed E-state index contributed by atoms with van der Waals surface area (Å²) in [5, 5.41) is 4.78. The Balaban J connectivity index is 1.31. The van der Waals surface area contributed by atoms with E-state index in [9.17, 15) is 18.4 Å². The highest BCUT2D eigenvalue weighted by Crippen LogP contribution is 2.37. The van der Waals surface area contributed by atoms with Crippen LogP contribution in [-0.4, -0.2) is 65.8 Å². The molecule has 1 aliphatic carbocycles. The van der Waals surface area contributed by atoms with Crippen molar-refractivity contribution in [2.45, 2.75) is 43.7 Å². The monoisotopic (exact) mass is 383 g/mol. The second-order valence-electron chi connectivity index (χ2n) is 7.54. The third-order valence-electron chi connectivity index (χ3n) is 5.43. The van der Waals surface area contributed by atoms with Crippen LogP contribution < -0.4 is 5.32 Å². The van der Waals surface area contributed by atoms with E-state index in [1.165, 1.54) is 0 Å². The predicted octanol–water partition coefficient (Wildman–Crippen LogP) is 1.74. The number of nitrogens with one attached hydrogen (secondary N) is 1. The van der Waals surface area contributed by atoms with Gasteiger partial charge in [-0.15, -0.1) is 11.3 Å². The first kappa shape index (κ1) is 17.9. The zero-order chi connectivity index (χ0) is 18.3. The van der Waals surface area contributed by atoms with E-state index in [-0.39, 0.29) is 23.8 Å². The molecule has 0 bridgehead atoms. The molecule has 1 aromatic heterocycles. The molecule has 0 aromatic carbocycles. The van der Waals surface area contributed by atoms with Crippen molar-refractivity contribution < 1.29 is 18.4 Å². The van der Waals surface area contributed by atoms with E-state index in [4.69, 9.17) is 0 Å². The molecule has 1 N–H and O–H groups in total. The predicted molar refractivity (Wildman–Crippen MR) is 94.2 cm³/mol. The lowest BCUT2D eigenvalue weighted by Crippen LogP contribution is -2.64. The summed E-state index contributed by atoms with van der Waals surface area (Å²) in [6, 6.07) is 2.99. The fraction of sp³-hybridized carbons (Fsp3) is 0.667. The van der Waals surface area contributed by atoms with Crippen LogP contribution in [0.3, 0.4) is 0 Å². The Morgan fingerprint density at radius 2 is 2.08 bits per heavy atom. The first-order chi connectivity index (χ1) is 12.4. The number of hydrogen-bond donors (Lipinski definition) is 1. The van der Waals surface area contributed by atoms with Crippen LogP contribution in [0.25, 0.3) is 0 Å². The molecule has 2 saturated heterocycles. The van der Waals surface area contributed by atoms with Gasteiger partial charge in [0.05, 0.1) is 12.6 Å². The molecule has 3 heterocycles. The number of likely N-dealkylation sites (tertiary alicyclic amines) is 2. The maximum absolute atomic E-state index is 14.0. The molecule has 142 valence electrons. The number of carbonyl (C=O) groups is 2. The van der Waals surface area contributed by atoms with Crippen LogP contribution in [-0.2, 0) is 16.0 Å². The van der Waals surface area contributed by atoms with Gasteiger partial charge in [0.25, 0.3) is 5.92 Å². The van der Waals surface area contributed by atoms with Crippen molar-refractivity contribution in [3.63, 3.8) is 0 Å². The zero-order valence-corrected chi connectivity index (χ0v) is 15.3.